The van der Waals surface area contributed by atoms with Crippen LogP contribution in [0.2, 0.25) is 5.04 Å². The molecule has 7 nitrogen and oxygen atoms in total. The van der Waals surface area contributed by atoms with E-state index in [1.54, 1.807) is 14.0 Å². The summed E-state index contributed by atoms with van der Waals surface area (Å²) in [6.45, 7) is 8.37. The molecule has 1 spiro atoms. The van der Waals surface area contributed by atoms with Gasteiger partial charge < -0.3 is 23.7 Å². The highest BCUT2D eigenvalue weighted by Crippen LogP contribution is 2.57. The number of aliphatic hydroxyl groups excluding tert-OH is 1. The summed E-state index contributed by atoms with van der Waals surface area (Å²) in [6.07, 6.45) is -2.51. The molecule has 8 heteroatoms. The monoisotopic (exact) mass is 557 g/mol. The Hall–Kier alpha value is -3.30. The molecule has 1 aliphatic carbocycles. The average molecular weight is 558 g/mol. The molecule has 2 heterocycles. The predicted octanol–water partition coefficient (Wildman–Crippen LogP) is 3.26. The van der Waals surface area contributed by atoms with Crippen LogP contribution < -0.4 is 15.1 Å². The number of aliphatic imine (C=N–C) groups is 1. The Bertz CT molecular complexity index is 1400. The van der Waals surface area contributed by atoms with E-state index in [9.17, 15) is 9.90 Å². The summed E-state index contributed by atoms with van der Waals surface area (Å²) in [5, 5.41) is 13.4. The van der Waals surface area contributed by atoms with Crippen molar-refractivity contribution < 1.29 is 28.5 Å². The van der Waals surface area contributed by atoms with Crippen LogP contribution in [0.15, 0.2) is 89.9 Å². The minimum Gasteiger partial charge on any atom is -0.497 e. The molecule has 1 saturated carbocycles. The second-order valence-corrected chi connectivity index (χ2v) is 16.2. The maximum absolute atomic E-state index is 14.3. The Kier molecular flexibility index (Phi) is 6.31. The summed E-state index contributed by atoms with van der Waals surface area (Å²) in [4.78, 5) is 19.0. The van der Waals surface area contributed by atoms with Gasteiger partial charge in [-0.2, -0.15) is 0 Å². The molecule has 6 rings (SSSR count). The first-order valence-corrected chi connectivity index (χ1v) is 15.6. The van der Waals surface area contributed by atoms with Gasteiger partial charge in [-0.3, -0.25) is 4.79 Å². The smallest absolute Gasteiger partial charge is 0.261 e. The van der Waals surface area contributed by atoms with Gasteiger partial charge in [-0.15, -0.1) is 0 Å². The Labute approximate surface area is 235 Å². The third-order valence-corrected chi connectivity index (χ3v) is 13.7. The molecule has 0 radical (unpaired) electrons. The number of carbonyl (C=O) groups is 1. The van der Waals surface area contributed by atoms with Gasteiger partial charge in [0.2, 0.25) is 11.7 Å². The number of methoxy groups -OCH3 is 1. The molecular weight excluding hydrogens is 522 g/mol. The van der Waals surface area contributed by atoms with Gasteiger partial charge in [-0.25, -0.2) is 4.99 Å². The van der Waals surface area contributed by atoms with E-state index in [1.165, 1.54) is 0 Å². The van der Waals surface area contributed by atoms with E-state index in [1.807, 2.05) is 60.7 Å². The van der Waals surface area contributed by atoms with Crippen LogP contribution in [0.3, 0.4) is 0 Å². The number of epoxide rings is 1. The lowest BCUT2D eigenvalue weighted by Gasteiger charge is -2.43. The third-order valence-electron chi connectivity index (χ3n) is 8.68. The molecule has 2 fully saturated rings. The van der Waals surface area contributed by atoms with Crippen molar-refractivity contribution in [2.75, 3.05) is 13.7 Å². The summed E-state index contributed by atoms with van der Waals surface area (Å²) >= 11 is 0. The number of rotatable bonds is 7. The van der Waals surface area contributed by atoms with Crippen molar-refractivity contribution in [1.29, 1.82) is 0 Å². The van der Waals surface area contributed by atoms with Gasteiger partial charge in [0.15, 0.2) is 11.1 Å². The molecule has 0 aromatic heterocycles. The van der Waals surface area contributed by atoms with Crippen molar-refractivity contribution in [1.82, 2.24) is 0 Å². The minimum absolute atomic E-state index is 0.0305. The van der Waals surface area contributed by atoms with Crippen LogP contribution in [0.5, 0.6) is 5.75 Å². The van der Waals surface area contributed by atoms with E-state index in [0.29, 0.717) is 17.2 Å². The fraction of sp³-hybridized carbons (Fsp3) is 0.375. The van der Waals surface area contributed by atoms with Crippen LogP contribution in [-0.4, -0.2) is 68.3 Å². The van der Waals surface area contributed by atoms with Crippen molar-refractivity contribution in [2.24, 2.45) is 4.99 Å². The number of aliphatic hydroxyl groups is 1. The highest BCUT2D eigenvalue weighted by molar-refractivity contribution is 6.99. The molecular formula is C32H35NO6Si. The van der Waals surface area contributed by atoms with Crippen LogP contribution in [0.25, 0.3) is 0 Å². The lowest BCUT2D eigenvalue weighted by atomic mass is 9.87. The molecule has 3 aliphatic rings. The fourth-order valence-electron chi connectivity index (χ4n) is 6.51. The van der Waals surface area contributed by atoms with Gasteiger partial charge >= 0.3 is 0 Å². The Morgan fingerprint density at radius 3 is 2.05 bits per heavy atom. The maximum atomic E-state index is 14.3. The molecule has 0 unspecified atom stereocenters. The number of hydrogen-bond acceptors (Lipinski definition) is 7. The van der Waals surface area contributed by atoms with Gasteiger partial charge in [-0.1, -0.05) is 81.4 Å². The maximum Gasteiger partial charge on any atom is 0.261 e. The molecule has 2 aliphatic heterocycles. The van der Waals surface area contributed by atoms with Crippen molar-refractivity contribution in [3.8, 4) is 5.75 Å². The fourth-order valence-corrected chi connectivity index (χ4v) is 11.1. The van der Waals surface area contributed by atoms with Gasteiger partial charge in [0.1, 0.15) is 24.1 Å². The first kappa shape index (κ1) is 26.9. The number of ketones is 1. The average Bonchev–Trinajstić information content (AvgIpc) is 3.55. The molecule has 0 bridgehead atoms. The molecule has 208 valence electrons. The summed E-state index contributed by atoms with van der Waals surface area (Å²) < 4.78 is 24.4. The second-order valence-electron chi connectivity index (χ2n) is 11.9. The van der Waals surface area contributed by atoms with Crippen molar-refractivity contribution >= 4 is 30.4 Å². The highest BCUT2D eigenvalue weighted by Gasteiger charge is 2.83. The van der Waals surface area contributed by atoms with Crippen LogP contribution in [0.1, 0.15) is 33.3 Å². The Morgan fingerprint density at radius 1 is 0.950 bits per heavy atom. The lowest BCUT2D eigenvalue weighted by molar-refractivity contribution is -0.136. The topological polar surface area (TPSA) is 89.9 Å². The standard InChI is InChI=1S/C32H35NO6Si/c1-21-32(33-28(38-21)22-16-18-23(36-5)19-17-22)26(34)27-31(39-27,29(32)35)20-37-40(30(2,3)4,24-12-8-6-9-13-24)25-14-10-7-11-15-25/h6-19,21,26-27,34H,20H2,1-5H3/t21-,26+,27+,31+,32-/m0/s1. The number of Topliss-reactive ketones (excluding diaryl/α,β-unsaturated/α-hetero) is 1. The molecule has 40 heavy (non-hydrogen) atoms. The second kappa shape index (κ2) is 9.38. The largest absolute Gasteiger partial charge is 0.497 e. The first-order chi connectivity index (χ1) is 19.1. The number of carbonyl (C=O) groups excluding carboxylic acids is 1. The SMILES string of the molecule is COc1ccc(C2=N[C@@]3(C(=O)[C@]4(CO[Si](c5ccccc5)(c5ccccc5)C(C)(C)C)O[C@@H]4[C@H]3O)[C@H](C)O2)cc1. The predicted molar refractivity (Wildman–Crippen MR) is 155 cm³/mol. The number of nitrogens with zero attached hydrogens (tertiary/aromatic N) is 1. The highest BCUT2D eigenvalue weighted by atomic mass is 28.4. The number of hydrogen-bond donors (Lipinski definition) is 1. The number of fused-ring (bicyclic) bond motifs is 1. The van der Waals surface area contributed by atoms with E-state index in [-0.39, 0.29) is 17.4 Å². The van der Waals surface area contributed by atoms with Gasteiger partial charge in [-0.05, 0) is 46.6 Å². The zero-order valence-corrected chi connectivity index (χ0v) is 24.5. The van der Waals surface area contributed by atoms with Crippen LogP contribution in [0.4, 0.5) is 0 Å². The summed E-state index contributed by atoms with van der Waals surface area (Å²) in [6, 6.07) is 27.8. The molecule has 0 amide bonds. The molecule has 5 atom stereocenters. The zero-order chi connectivity index (χ0) is 28.3. The molecule has 3 aromatic rings. The molecule has 1 saturated heterocycles. The van der Waals surface area contributed by atoms with E-state index >= 15 is 0 Å². The van der Waals surface area contributed by atoms with Gasteiger partial charge in [0.05, 0.1) is 13.7 Å². The minimum atomic E-state index is -2.92. The van der Waals surface area contributed by atoms with Gasteiger partial charge in [0, 0.05) is 5.56 Å². The number of ether oxygens (including phenoxy) is 3. The van der Waals surface area contributed by atoms with Crippen LogP contribution in [-0.2, 0) is 18.7 Å². The lowest BCUT2D eigenvalue weighted by Crippen LogP contribution is -2.67. The van der Waals surface area contributed by atoms with Crippen LogP contribution in [0, 0.1) is 0 Å². The van der Waals surface area contributed by atoms with E-state index < -0.39 is 37.8 Å². The van der Waals surface area contributed by atoms with Crippen LogP contribution >= 0.6 is 0 Å². The van der Waals surface area contributed by atoms with Gasteiger partial charge in [0.25, 0.3) is 8.32 Å². The third kappa shape index (κ3) is 3.74. The summed E-state index contributed by atoms with van der Waals surface area (Å²) in [5.41, 5.74) is -2.01. The van der Waals surface area contributed by atoms with E-state index in [2.05, 4.69) is 45.0 Å². The molecule has 3 aromatic carbocycles. The normalized spacial score (nSPS) is 29.2. The summed E-state index contributed by atoms with van der Waals surface area (Å²) in [7, 11) is -1.32. The zero-order valence-electron chi connectivity index (χ0n) is 23.5. The van der Waals surface area contributed by atoms with E-state index in [4.69, 9.17) is 23.6 Å². The number of benzene rings is 3. The summed E-state index contributed by atoms with van der Waals surface area (Å²) in [5.74, 6) is 0.745. The quantitative estimate of drug-likeness (QED) is 0.354. The van der Waals surface area contributed by atoms with Crippen molar-refractivity contribution in [3.05, 3.63) is 90.5 Å². The van der Waals surface area contributed by atoms with E-state index in [0.717, 1.165) is 10.4 Å². The Balaban J connectivity index is 1.36. The van der Waals surface area contributed by atoms with Crippen molar-refractivity contribution in [2.45, 2.75) is 62.2 Å². The molecule has 1 N–H and O–H groups in total. The van der Waals surface area contributed by atoms with Crippen molar-refractivity contribution in [3.63, 3.8) is 0 Å². The first-order valence-electron chi connectivity index (χ1n) is 13.7. The Morgan fingerprint density at radius 2 is 1.52 bits per heavy atom.